The van der Waals surface area contributed by atoms with Crippen molar-refractivity contribution < 1.29 is 28.7 Å². The molecule has 1 aliphatic rings. The van der Waals surface area contributed by atoms with Gasteiger partial charge in [-0.05, 0) is 62.6 Å². The Bertz CT molecular complexity index is 1010. The van der Waals surface area contributed by atoms with Crippen molar-refractivity contribution in [2.75, 3.05) is 13.1 Å². The summed E-state index contributed by atoms with van der Waals surface area (Å²) in [5, 5.41) is 2.50. The van der Waals surface area contributed by atoms with Crippen LogP contribution in [0.1, 0.15) is 48.9 Å². The summed E-state index contributed by atoms with van der Waals surface area (Å²) in [6, 6.07) is 15.1. The van der Waals surface area contributed by atoms with E-state index in [1.165, 1.54) is 4.90 Å². The molecule has 5 N–H and O–H groups in total. The Labute approximate surface area is 199 Å². The van der Waals surface area contributed by atoms with Crippen LogP contribution in [0.4, 0.5) is 0 Å². The number of unbranched alkanes of at least 4 members (excludes halogenated alkanes) is 2. The second-order valence-electron chi connectivity index (χ2n) is 8.35. The second-order valence-corrected chi connectivity index (χ2v) is 10.2. The summed E-state index contributed by atoms with van der Waals surface area (Å²) < 4.78 is 17.7. The number of likely N-dealkylation sites (tertiary alicyclic amines) is 1. The van der Waals surface area contributed by atoms with Crippen molar-refractivity contribution in [3.05, 3.63) is 60.2 Å². The third kappa shape index (κ3) is 7.14. The topological polar surface area (TPSA) is 142 Å². The molecular formula is C24H32N3O6P. The average Bonchev–Trinajstić information content (AvgIpc) is 3.31. The van der Waals surface area contributed by atoms with E-state index < -0.39 is 25.3 Å². The van der Waals surface area contributed by atoms with E-state index in [4.69, 9.17) is 10.5 Å². The van der Waals surface area contributed by atoms with Gasteiger partial charge in [-0.2, -0.15) is 0 Å². The van der Waals surface area contributed by atoms with Gasteiger partial charge >= 0.3 is 7.60 Å². The molecule has 2 unspecified atom stereocenters. The smallest absolute Gasteiger partial charge is 0.347 e. The number of benzene rings is 2. The van der Waals surface area contributed by atoms with Crippen LogP contribution >= 0.6 is 7.60 Å². The molecule has 184 valence electrons. The first kappa shape index (κ1) is 25.9. The second kappa shape index (κ2) is 12.1. The van der Waals surface area contributed by atoms with Gasteiger partial charge in [-0.15, -0.1) is 0 Å². The molecule has 1 aliphatic heterocycles. The van der Waals surface area contributed by atoms with Crippen molar-refractivity contribution in [3.63, 3.8) is 0 Å². The van der Waals surface area contributed by atoms with Gasteiger partial charge in [-0.1, -0.05) is 37.1 Å². The van der Waals surface area contributed by atoms with E-state index in [0.717, 1.165) is 12.8 Å². The fourth-order valence-electron chi connectivity index (χ4n) is 4.01. The molecule has 1 heterocycles. The van der Waals surface area contributed by atoms with Crippen molar-refractivity contribution >= 4 is 19.4 Å². The molecule has 9 nitrogen and oxygen atoms in total. The number of para-hydroxylation sites is 1. The van der Waals surface area contributed by atoms with Crippen molar-refractivity contribution in [3.8, 4) is 11.5 Å². The summed E-state index contributed by atoms with van der Waals surface area (Å²) in [6.07, 6.45) is 3.21. The highest BCUT2D eigenvalue weighted by atomic mass is 31.2. The van der Waals surface area contributed by atoms with Gasteiger partial charge in [0.25, 0.3) is 5.91 Å². The highest BCUT2D eigenvalue weighted by molar-refractivity contribution is 7.52. The Morgan fingerprint density at radius 1 is 1.09 bits per heavy atom. The standard InChI is InChI=1S/C24H32N3O6P/c25-15-6-2-5-14-22(34(30,31)32)26-23(28)21-13-8-16-27(21)24(29)18-9-7-12-20(17-18)33-19-10-3-1-4-11-19/h1,3-4,7,9-12,17,21-22H,2,5-6,8,13-16,25H2,(H,26,28)(H2,30,31,32). The number of hydrogen-bond acceptors (Lipinski definition) is 5. The van der Waals surface area contributed by atoms with E-state index in [9.17, 15) is 23.9 Å². The summed E-state index contributed by atoms with van der Waals surface area (Å²) >= 11 is 0. The summed E-state index contributed by atoms with van der Waals surface area (Å²) in [5.74, 6) is -1.02. The minimum absolute atomic E-state index is 0.148. The number of carbonyl (C=O) groups is 2. The maximum absolute atomic E-state index is 13.2. The molecule has 0 aromatic heterocycles. The van der Waals surface area contributed by atoms with Crippen LogP contribution in [-0.2, 0) is 9.36 Å². The lowest BCUT2D eigenvalue weighted by molar-refractivity contribution is -0.125. The van der Waals surface area contributed by atoms with Crippen molar-refractivity contribution in [1.82, 2.24) is 10.2 Å². The summed E-state index contributed by atoms with van der Waals surface area (Å²) in [4.78, 5) is 47.0. The number of nitrogens with one attached hydrogen (secondary N) is 1. The third-order valence-electron chi connectivity index (χ3n) is 5.77. The van der Waals surface area contributed by atoms with Crippen LogP contribution in [0.15, 0.2) is 54.6 Å². The Morgan fingerprint density at radius 3 is 2.53 bits per heavy atom. The molecule has 0 bridgehead atoms. The van der Waals surface area contributed by atoms with E-state index >= 15 is 0 Å². The van der Waals surface area contributed by atoms with Gasteiger partial charge in [0.1, 0.15) is 23.3 Å². The van der Waals surface area contributed by atoms with Gasteiger partial charge in [0.15, 0.2) is 0 Å². The molecule has 2 aromatic rings. The lowest BCUT2D eigenvalue weighted by Crippen LogP contribution is -2.48. The van der Waals surface area contributed by atoms with Gasteiger partial charge in [-0.25, -0.2) is 0 Å². The van der Waals surface area contributed by atoms with Crippen LogP contribution in [0.25, 0.3) is 0 Å². The molecule has 0 aliphatic carbocycles. The highest BCUT2D eigenvalue weighted by Crippen LogP contribution is 2.42. The molecule has 1 saturated heterocycles. The molecular weight excluding hydrogens is 457 g/mol. The van der Waals surface area contributed by atoms with Gasteiger partial charge in [0.05, 0.1) is 0 Å². The fourth-order valence-corrected chi connectivity index (χ4v) is 4.82. The van der Waals surface area contributed by atoms with Crippen molar-refractivity contribution in [2.45, 2.75) is 50.3 Å². The number of nitrogens with two attached hydrogens (primary N) is 1. The van der Waals surface area contributed by atoms with Crippen LogP contribution in [0.2, 0.25) is 0 Å². The minimum atomic E-state index is -4.54. The molecule has 0 saturated carbocycles. The van der Waals surface area contributed by atoms with E-state index in [1.54, 1.807) is 24.3 Å². The van der Waals surface area contributed by atoms with E-state index in [2.05, 4.69) is 5.32 Å². The lowest BCUT2D eigenvalue weighted by Gasteiger charge is -2.27. The van der Waals surface area contributed by atoms with Crippen LogP contribution in [0.3, 0.4) is 0 Å². The quantitative estimate of drug-likeness (QED) is 0.280. The molecule has 1 fully saturated rings. The predicted octanol–water partition coefficient (Wildman–Crippen LogP) is 3.22. The first-order valence-electron chi connectivity index (χ1n) is 11.5. The Morgan fingerprint density at radius 2 is 1.82 bits per heavy atom. The maximum Gasteiger partial charge on any atom is 0.347 e. The molecule has 2 atom stereocenters. The van der Waals surface area contributed by atoms with Gasteiger partial charge in [0.2, 0.25) is 5.91 Å². The number of amides is 2. The monoisotopic (exact) mass is 489 g/mol. The average molecular weight is 490 g/mol. The Hall–Kier alpha value is -2.71. The van der Waals surface area contributed by atoms with E-state index in [-0.39, 0.29) is 12.3 Å². The number of rotatable bonds is 11. The molecule has 34 heavy (non-hydrogen) atoms. The lowest BCUT2D eigenvalue weighted by atomic mass is 10.1. The predicted molar refractivity (Wildman–Crippen MR) is 129 cm³/mol. The van der Waals surface area contributed by atoms with Gasteiger partial charge < -0.3 is 30.5 Å². The largest absolute Gasteiger partial charge is 0.457 e. The Balaban J connectivity index is 1.67. The third-order valence-corrected chi connectivity index (χ3v) is 6.97. The molecule has 3 rings (SSSR count). The van der Waals surface area contributed by atoms with E-state index in [1.807, 2.05) is 30.3 Å². The minimum Gasteiger partial charge on any atom is -0.457 e. The number of carbonyl (C=O) groups excluding carboxylic acids is 2. The first-order chi connectivity index (χ1) is 16.3. The van der Waals surface area contributed by atoms with Crippen LogP contribution in [0.5, 0.6) is 11.5 Å². The number of ether oxygens (including phenoxy) is 1. The molecule has 2 aromatic carbocycles. The normalized spacial score (nSPS) is 16.8. The van der Waals surface area contributed by atoms with E-state index in [0.29, 0.717) is 49.4 Å². The van der Waals surface area contributed by atoms with Gasteiger partial charge in [0, 0.05) is 12.1 Å². The van der Waals surface area contributed by atoms with Crippen molar-refractivity contribution in [2.24, 2.45) is 5.73 Å². The molecule has 0 radical (unpaired) electrons. The zero-order valence-electron chi connectivity index (χ0n) is 19.0. The summed E-state index contributed by atoms with van der Waals surface area (Å²) in [5.41, 5.74) is 5.84. The van der Waals surface area contributed by atoms with Gasteiger partial charge in [-0.3, -0.25) is 14.2 Å². The van der Waals surface area contributed by atoms with Crippen LogP contribution in [-0.4, -0.2) is 51.4 Å². The molecule has 2 amide bonds. The molecule has 0 spiro atoms. The zero-order valence-corrected chi connectivity index (χ0v) is 19.9. The number of nitrogens with zero attached hydrogens (tertiary/aromatic N) is 1. The highest BCUT2D eigenvalue weighted by Gasteiger charge is 2.38. The SMILES string of the molecule is NCCCCCC(NC(=O)C1CCCN1C(=O)c1cccc(Oc2ccccc2)c1)P(=O)(O)O. The number of hydrogen-bond donors (Lipinski definition) is 4. The fraction of sp³-hybridized carbons (Fsp3) is 0.417. The molecule has 10 heteroatoms. The van der Waals surface area contributed by atoms with Crippen LogP contribution in [0, 0.1) is 0 Å². The van der Waals surface area contributed by atoms with Crippen molar-refractivity contribution in [1.29, 1.82) is 0 Å². The summed E-state index contributed by atoms with van der Waals surface area (Å²) in [6.45, 7) is 0.890. The van der Waals surface area contributed by atoms with Crippen LogP contribution < -0.4 is 15.8 Å². The zero-order chi connectivity index (χ0) is 24.6. The summed E-state index contributed by atoms with van der Waals surface area (Å²) in [7, 11) is -4.54. The Kier molecular flexibility index (Phi) is 9.24. The maximum atomic E-state index is 13.2. The first-order valence-corrected chi connectivity index (χ1v) is 13.2.